The average molecular weight is 97.9 g/mol. The van der Waals surface area contributed by atoms with E-state index in [-0.39, 0.29) is 0 Å². The molecule has 0 aromatic carbocycles. The molecule has 2 nitrogen and oxygen atoms in total. The Morgan fingerprint density at radius 2 is 2.57 bits per heavy atom. The van der Waals surface area contributed by atoms with Gasteiger partial charge in [-0.15, -0.1) is 6.58 Å². The molecule has 1 heterocycles. The highest BCUT2D eigenvalue weighted by molar-refractivity contribution is 6.52. The zero-order valence-corrected chi connectivity index (χ0v) is 4.05. The second-order valence-electron chi connectivity index (χ2n) is 1.63. The van der Waals surface area contributed by atoms with Crippen LogP contribution < -0.4 is 0 Å². The van der Waals surface area contributed by atoms with Gasteiger partial charge in [0.2, 0.25) is 0 Å². The first-order chi connectivity index (χ1) is 3.30. The van der Waals surface area contributed by atoms with Gasteiger partial charge in [-0.05, 0) is 11.9 Å². The van der Waals surface area contributed by atoms with Crippen molar-refractivity contribution in [2.45, 2.75) is 6.42 Å². The van der Waals surface area contributed by atoms with Crippen LogP contribution in [0.1, 0.15) is 6.42 Å². The normalized spacial score (nSPS) is 21.3. The summed E-state index contributed by atoms with van der Waals surface area (Å²) in [6.07, 6.45) is 0.807. The van der Waals surface area contributed by atoms with E-state index in [1.807, 2.05) is 0 Å². The molecule has 0 aromatic rings. The molecule has 0 amide bonds. The monoisotopic (exact) mass is 98.1 g/mol. The second-order valence-corrected chi connectivity index (χ2v) is 1.63. The van der Waals surface area contributed by atoms with Crippen LogP contribution in [0.5, 0.6) is 0 Å². The molecule has 0 atom stereocenters. The van der Waals surface area contributed by atoms with Gasteiger partial charge in [0.05, 0.1) is 0 Å². The summed E-state index contributed by atoms with van der Waals surface area (Å²) >= 11 is 0. The van der Waals surface area contributed by atoms with Gasteiger partial charge >= 0.3 is 7.12 Å². The minimum atomic E-state index is -0.681. The maximum Gasteiger partial charge on any atom is 0.486 e. The Morgan fingerprint density at radius 3 is 2.71 bits per heavy atom. The summed E-state index contributed by atoms with van der Waals surface area (Å²) in [5.74, 6) is 0. The van der Waals surface area contributed by atoms with E-state index < -0.39 is 7.12 Å². The first-order valence-corrected chi connectivity index (χ1v) is 2.28. The van der Waals surface area contributed by atoms with E-state index >= 15 is 0 Å². The first-order valence-electron chi connectivity index (χ1n) is 2.28. The summed E-state index contributed by atoms with van der Waals surface area (Å²) in [4.78, 5) is 0. The van der Waals surface area contributed by atoms with E-state index in [4.69, 9.17) is 9.68 Å². The molecular weight excluding hydrogens is 90.9 g/mol. The zero-order valence-electron chi connectivity index (χ0n) is 4.05. The molecule has 1 aliphatic rings. The van der Waals surface area contributed by atoms with Gasteiger partial charge in [-0.2, -0.15) is 0 Å². The van der Waals surface area contributed by atoms with Gasteiger partial charge in [-0.1, -0.05) is 0 Å². The Balaban J connectivity index is 2.48. The highest BCUT2D eigenvalue weighted by Gasteiger charge is 2.22. The van der Waals surface area contributed by atoms with Crippen LogP contribution in [0.2, 0.25) is 0 Å². The third-order valence-electron chi connectivity index (χ3n) is 1.05. The Morgan fingerprint density at radius 1 is 1.86 bits per heavy atom. The van der Waals surface area contributed by atoms with E-state index in [1.54, 1.807) is 0 Å². The van der Waals surface area contributed by atoms with Crippen LogP contribution in [0.3, 0.4) is 0 Å². The van der Waals surface area contributed by atoms with Crippen LogP contribution in [0.15, 0.2) is 12.1 Å². The second kappa shape index (κ2) is 1.68. The molecule has 0 spiro atoms. The Kier molecular flexibility index (Phi) is 1.17. The molecule has 1 saturated heterocycles. The third-order valence-corrected chi connectivity index (χ3v) is 1.05. The summed E-state index contributed by atoms with van der Waals surface area (Å²) in [5.41, 5.74) is 0.792. The molecule has 1 N–H and O–H groups in total. The third kappa shape index (κ3) is 0.840. The smallest absolute Gasteiger partial charge is 0.423 e. The summed E-state index contributed by atoms with van der Waals surface area (Å²) in [7, 11) is -0.681. The zero-order chi connectivity index (χ0) is 5.28. The Hall–Kier alpha value is -0.275. The molecule has 0 aliphatic carbocycles. The lowest BCUT2D eigenvalue weighted by atomic mass is 9.82. The molecule has 1 fully saturated rings. The van der Waals surface area contributed by atoms with Gasteiger partial charge in [-0.3, -0.25) is 0 Å². The topological polar surface area (TPSA) is 29.5 Å². The maximum absolute atomic E-state index is 8.68. The van der Waals surface area contributed by atoms with Crippen molar-refractivity contribution in [2.75, 3.05) is 6.61 Å². The number of hydrogen-bond donors (Lipinski definition) is 1. The summed E-state index contributed by atoms with van der Waals surface area (Å²) in [6, 6.07) is 0. The van der Waals surface area contributed by atoms with Gasteiger partial charge in [0.25, 0.3) is 0 Å². The fraction of sp³-hybridized carbons (Fsp3) is 0.500. The van der Waals surface area contributed by atoms with Crippen molar-refractivity contribution < 1.29 is 9.68 Å². The fourth-order valence-corrected chi connectivity index (χ4v) is 0.543. The van der Waals surface area contributed by atoms with Crippen LogP contribution >= 0.6 is 0 Å². The van der Waals surface area contributed by atoms with Crippen molar-refractivity contribution in [3.63, 3.8) is 0 Å². The minimum absolute atomic E-state index is 0.625. The van der Waals surface area contributed by atoms with Crippen LogP contribution in [0.4, 0.5) is 0 Å². The first kappa shape index (κ1) is 4.87. The van der Waals surface area contributed by atoms with E-state index in [2.05, 4.69) is 6.58 Å². The van der Waals surface area contributed by atoms with E-state index in [0.717, 1.165) is 11.9 Å². The van der Waals surface area contributed by atoms with Crippen molar-refractivity contribution in [3.05, 3.63) is 12.1 Å². The van der Waals surface area contributed by atoms with Crippen molar-refractivity contribution in [3.8, 4) is 0 Å². The predicted octanol–water partition coefficient (Wildman–Crippen LogP) is -0.0174. The van der Waals surface area contributed by atoms with Gasteiger partial charge in [0.1, 0.15) is 0 Å². The standard InChI is InChI=1S/C4H7BO2/c1-4-2-3-7-5(4)6/h6H,1-3H2. The molecule has 0 aromatic heterocycles. The van der Waals surface area contributed by atoms with Crippen LogP contribution in [-0.4, -0.2) is 18.7 Å². The summed E-state index contributed by atoms with van der Waals surface area (Å²) in [6.45, 7) is 4.19. The molecular formula is C4H7BO2. The van der Waals surface area contributed by atoms with E-state index in [1.165, 1.54) is 0 Å². The SMILES string of the molecule is C=C1CCOB1O. The highest BCUT2D eigenvalue weighted by Crippen LogP contribution is 2.10. The van der Waals surface area contributed by atoms with E-state index in [9.17, 15) is 0 Å². The molecule has 0 radical (unpaired) electrons. The minimum Gasteiger partial charge on any atom is -0.423 e. The number of rotatable bonds is 0. The summed E-state index contributed by atoms with van der Waals surface area (Å²) in [5, 5.41) is 8.68. The van der Waals surface area contributed by atoms with Crippen LogP contribution in [0, 0.1) is 0 Å². The average Bonchev–Trinajstić information content (AvgIpc) is 1.91. The number of hydrogen-bond acceptors (Lipinski definition) is 2. The van der Waals surface area contributed by atoms with Crippen molar-refractivity contribution in [1.82, 2.24) is 0 Å². The molecule has 1 rings (SSSR count). The Labute approximate surface area is 42.9 Å². The lowest BCUT2D eigenvalue weighted by Gasteiger charge is -1.89. The quantitative estimate of drug-likeness (QED) is 0.431. The molecule has 1 aliphatic heterocycles. The van der Waals surface area contributed by atoms with E-state index in [0.29, 0.717) is 6.61 Å². The lowest BCUT2D eigenvalue weighted by molar-refractivity contribution is 0.302. The molecule has 0 saturated carbocycles. The predicted molar refractivity (Wildman–Crippen MR) is 27.7 cm³/mol. The van der Waals surface area contributed by atoms with Crippen molar-refractivity contribution >= 4 is 7.12 Å². The van der Waals surface area contributed by atoms with Gasteiger partial charge in [0, 0.05) is 6.61 Å². The van der Waals surface area contributed by atoms with Crippen LogP contribution in [-0.2, 0) is 4.65 Å². The van der Waals surface area contributed by atoms with Crippen LogP contribution in [0.25, 0.3) is 0 Å². The van der Waals surface area contributed by atoms with Crippen molar-refractivity contribution in [1.29, 1.82) is 0 Å². The Bertz CT molecular complexity index is 91.7. The summed E-state index contributed by atoms with van der Waals surface area (Å²) < 4.78 is 4.72. The maximum atomic E-state index is 8.68. The van der Waals surface area contributed by atoms with Crippen molar-refractivity contribution in [2.24, 2.45) is 0 Å². The lowest BCUT2D eigenvalue weighted by Crippen LogP contribution is -2.10. The molecule has 38 valence electrons. The van der Waals surface area contributed by atoms with Gasteiger partial charge in [-0.25, -0.2) is 0 Å². The molecule has 7 heavy (non-hydrogen) atoms. The largest absolute Gasteiger partial charge is 0.486 e. The van der Waals surface area contributed by atoms with Gasteiger partial charge < -0.3 is 9.68 Å². The molecule has 0 unspecified atom stereocenters. The molecule has 3 heteroatoms. The highest BCUT2D eigenvalue weighted by atomic mass is 16.5. The molecule has 0 bridgehead atoms. The van der Waals surface area contributed by atoms with Gasteiger partial charge in [0.15, 0.2) is 0 Å². The fourth-order valence-electron chi connectivity index (χ4n) is 0.543.